The average molecular weight is 222 g/mol. The third-order valence-electron chi connectivity index (χ3n) is 2.59. The lowest BCUT2D eigenvalue weighted by Gasteiger charge is -2.33. The van der Waals surface area contributed by atoms with Crippen molar-refractivity contribution < 1.29 is 14.6 Å². The fourth-order valence-corrected chi connectivity index (χ4v) is 1.51. The zero-order valence-electron chi connectivity index (χ0n) is 9.36. The van der Waals surface area contributed by atoms with Crippen molar-refractivity contribution in [1.82, 2.24) is 4.90 Å². The highest BCUT2D eigenvalue weighted by Gasteiger charge is 2.33. The van der Waals surface area contributed by atoms with E-state index in [1.807, 2.05) is 6.07 Å². The number of aliphatic hydroxyl groups is 1. The minimum absolute atomic E-state index is 0.167. The molecule has 0 bridgehead atoms. The van der Waals surface area contributed by atoms with Crippen LogP contribution in [0.5, 0.6) is 0 Å². The van der Waals surface area contributed by atoms with E-state index in [-0.39, 0.29) is 23.6 Å². The maximum absolute atomic E-state index is 11.8. The summed E-state index contributed by atoms with van der Waals surface area (Å²) in [4.78, 5) is 13.0. The number of nitriles is 1. The summed E-state index contributed by atoms with van der Waals surface area (Å²) >= 11 is 0. The van der Waals surface area contributed by atoms with Gasteiger partial charge in [0.15, 0.2) is 6.23 Å². The third kappa shape index (κ3) is 1.98. The molecule has 0 fully saturated rings. The van der Waals surface area contributed by atoms with E-state index in [1.54, 1.807) is 6.92 Å². The molecule has 86 valence electrons. The van der Waals surface area contributed by atoms with E-state index in [0.717, 1.165) is 0 Å². The monoisotopic (exact) mass is 222 g/mol. The van der Waals surface area contributed by atoms with E-state index < -0.39 is 6.23 Å². The van der Waals surface area contributed by atoms with Crippen LogP contribution in [0.2, 0.25) is 0 Å². The molecule has 0 spiro atoms. The Kier molecular flexibility index (Phi) is 3.82. The first-order chi connectivity index (χ1) is 7.54. The summed E-state index contributed by atoms with van der Waals surface area (Å²) in [6.45, 7) is 5.75. The molecule has 1 atom stereocenters. The van der Waals surface area contributed by atoms with Crippen molar-refractivity contribution >= 4 is 5.91 Å². The van der Waals surface area contributed by atoms with Crippen molar-refractivity contribution in [2.45, 2.75) is 13.2 Å². The Labute approximate surface area is 94.2 Å². The van der Waals surface area contributed by atoms with E-state index >= 15 is 0 Å². The molecule has 1 N–H and O–H groups in total. The molecule has 0 aromatic rings. The normalized spacial score (nSPS) is 21.4. The predicted molar refractivity (Wildman–Crippen MR) is 57.0 cm³/mol. The Balaban J connectivity index is 3.04. The number of aliphatic hydroxyl groups excluding tert-OH is 1. The lowest BCUT2D eigenvalue weighted by molar-refractivity contribution is -0.136. The third-order valence-corrected chi connectivity index (χ3v) is 2.59. The Morgan fingerprint density at radius 3 is 2.81 bits per heavy atom. The molecule has 0 saturated carbocycles. The summed E-state index contributed by atoms with van der Waals surface area (Å²) in [5.41, 5.74) is 0.868. The van der Waals surface area contributed by atoms with Gasteiger partial charge in [-0.1, -0.05) is 6.58 Å². The fourth-order valence-electron chi connectivity index (χ4n) is 1.51. The second kappa shape index (κ2) is 4.92. The van der Waals surface area contributed by atoms with Gasteiger partial charge in [0.2, 0.25) is 0 Å². The highest BCUT2D eigenvalue weighted by atomic mass is 16.5. The molecule has 1 aliphatic rings. The van der Waals surface area contributed by atoms with Gasteiger partial charge in [-0.15, -0.1) is 0 Å². The van der Waals surface area contributed by atoms with Crippen LogP contribution < -0.4 is 0 Å². The molecule has 0 saturated heterocycles. The molecule has 1 aliphatic heterocycles. The number of hydrogen-bond acceptors (Lipinski definition) is 4. The molecule has 1 unspecified atom stereocenters. The number of methoxy groups -OCH3 is 1. The van der Waals surface area contributed by atoms with Crippen LogP contribution in [-0.4, -0.2) is 42.4 Å². The van der Waals surface area contributed by atoms with E-state index in [9.17, 15) is 9.90 Å². The van der Waals surface area contributed by atoms with Gasteiger partial charge in [-0.3, -0.25) is 4.79 Å². The summed E-state index contributed by atoms with van der Waals surface area (Å²) in [5, 5.41) is 18.7. The van der Waals surface area contributed by atoms with Crippen LogP contribution in [-0.2, 0) is 9.53 Å². The first-order valence-electron chi connectivity index (χ1n) is 4.82. The van der Waals surface area contributed by atoms with Crippen LogP contribution in [0.4, 0.5) is 0 Å². The number of ether oxygens (including phenoxy) is 1. The summed E-state index contributed by atoms with van der Waals surface area (Å²) < 4.78 is 4.84. The predicted octanol–water partition coefficient (Wildman–Crippen LogP) is 0.190. The van der Waals surface area contributed by atoms with Gasteiger partial charge >= 0.3 is 0 Å². The van der Waals surface area contributed by atoms with Gasteiger partial charge in [-0.2, -0.15) is 5.26 Å². The summed E-state index contributed by atoms with van der Waals surface area (Å²) in [6.07, 6.45) is -1.20. The number of carbonyl (C=O) groups excluding carboxylic acids is 1. The molecule has 0 aliphatic carbocycles. The largest absolute Gasteiger partial charge is 0.383 e. The second-order valence-electron chi connectivity index (χ2n) is 3.49. The maximum atomic E-state index is 11.8. The fraction of sp³-hybridized carbons (Fsp3) is 0.455. The second-order valence-corrected chi connectivity index (χ2v) is 3.49. The Bertz CT molecular complexity index is 393. The van der Waals surface area contributed by atoms with Crippen LogP contribution in [0, 0.1) is 11.3 Å². The molecule has 0 aromatic carbocycles. The molecule has 0 radical (unpaired) electrons. The lowest BCUT2D eigenvalue weighted by atomic mass is 9.96. The molecule has 1 amide bonds. The first-order valence-corrected chi connectivity index (χ1v) is 4.82. The van der Waals surface area contributed by atoms with E-state index in [1.165, 1.54) is 12.0 Å². The molecule has 5 heteroatoms. The number of hydrogen-bond donors (Lipinski definition) is 1. The summed E-state index contributed by atoms with van der Waals surface area (Å²) in [5.74, 6) is -0.360. The highest BCUT2D eigenvalue weighted by molar-refractivity contribution is 5.99. The number of rotatable bonds is 3. The van der Waals surface area contributed by atoms with Gasteiger partial charge in [-0.05, 0) is 12.5 Å². The number of nitrogens with zero attached hydrogens (tertiary/aromatic N) is 2. The van der Waals surface area contributed by atoms with Gasteiger partial charge < -0.3 is 14.7 Å². The van der Waals surface area contributed by atoms with E-state index in [4.69, 9.17) is 10.00 Å². The molecule has 0 aromatic heterocycles. The first kappa shape index (κ1) is 12.4. The van der Waals surface area contributed by atoms with E-state index in [2.05, 4.69) is 6.58 Å². The van der Waals surface area contributed by atoms with Crippen LogP contribution in [0.1, 0.15) is 6.92 Å². The number of carbonyl (C=O) groups is 1. The van der Waals surface area contributed by atoms with Crippen molar-refractivity contribution in [3.63, 3.8) is 0 Å². The summed E-state index contributed by atoms with van der Waals surface area (Å²) in [6, 6.07) is 1.89. The van der Waals surface area contributed by atoms with Crippen LogP contribution >= 0.6 is 0 Å². The minimum Gasteiger partial charge on any atom is -0.383 e. The van der Waals surface area contributed by atoms with Crippen LogP contribution in [0.3, 0.4) is 0 Å². The molecule has 1 rings (SSSR count). The van der Waals surface area contributed by atoms with Gasteiger partial charge in [0.1, 0.15) is 0 Å². The van der Waals surface area contributed by atoms with Gasteiger partial charge in [0, 0.05) is 19.2 Å². The van der Waals surface area contributed by atoms with Gasteiger partial charge in [-0.25, -0.2) is 0 Å². The SMILES string of the molecule is C=C1C(=O)N(CCOC)C(O)C(C#N)=C1C. The Morgan fingerprint density at radius 2 is 2.31 bits per heavy atom. The average Bonchev–Trinajstić information content (AvgIpc) is 2.27. The van der Waals surface area contributed by atoms with Crippen molar-refractivity contribution in [1.29, 1.82) is 5.26 Å². The van der Waals surface area contributed by atoms with Crippen LogP contribution in [0.25, 0.3) is 0 Å². The number of amides is 1. The smallest absolute Gasteiger partial charge is 0.255 e. The van der Waals surface area contributed by atoms with Crippen molar-refractivity contribution in [2.75, 3.05) is 20.3 Å². The molecule has 1 heterocycles. The quantitative estimate of drug-likeness (QED) is 0.692. The topological polar surface area (TPSA) is 73.6 Å². The zero-order valence-corrected chi connectivity index (χ0v) is 9.36. The lowest BCUT2D eigenvalue weighted by Crippen LogP contribution is -2.47. The zero-order chi connectivity index (χ0) is 12.3. The summed E-state index contributed by atoms with van der Waals surface area (Å²) in [7, 11) is 1.50. The molecule has 5 nitrogen and oxygen atoms in total. The Morgan fingerprint density at radius 1 is 1.69 bits per heavy atom. The van der Waals surface area contributed by atoms with Crippen LogP contribution in [0.15, 0.2) is 23.3 Å². The van der Waals surface area contributed by atoms with Gasteiger partial charge in [0.25, 0.3) is 5.91 Å². The van der Waals surface area contributed by atoms with Crippen molar-refractivity contribution in [2.24, 2.45) is 0 Å². The Hall–Kier alpha value is -1.64. The van der Waals surface area contributed by atoms with Crippen molar-refractivity contribution in [3.8, 4) is 6.07 Å². The maximum Gasteiger partial charge on any atom is 0.255 e. The van der Waals surface area contributed by atoms with Crippen molar-refractivity contribution in [3.05, 3.63) is 23.3 Å². The standard InChI is InChI=1S/C11H14N2O3/c1-7-8(2)10(14)13(4-5-16-3)11(15)9(7)6-12/h11,15H,2,4-5H2,1,3H3. The minimum atomic E-state index is -1.20. The highest BCUT2D eigenvalue weighted by Crippen LogP contribution is 2.25. The van der Waals surface area contributed by atoms with E-state index in [0.29, 0.717) is 12.2 Å². The molecule has 16 heavy (non-hydrogen) atoms. The molecular formula is C11H14N2O3. The molecular weight excluding hydrogens is 208 g/mol. The van der Waals surface area contributed by atoms with Gasteiger partial charge in [0.05, 0.1) is 18.2 Å².